The van der Waals surface area contributed by atoms with Gasteiger partial charge in [-0.05, 0) is 62.1 Å². The summed E-state index contributed by atoms with van der Waals surface area (Å²) in [4.78, 5) is 14.7. The lowest BCUT2D eigenvalue weighted by Gasteiger charge is -2.39. The second-order valence-electron chi connectivity index (χ2n) is 8.92. The average Bonchev–Trinajstić information content (AvgIpc) is 3.28. The monoisotopic (exact) mass is 404 g/mol. The number of nitrogens with two attached hydrogens (primary N) is 1. The third-order valence-corrected chi connectivity index (χ3v) is 6.92. The van der Waals surface area contributed by atoms with Gasteiger partial charge in [0.15, 0.2) is 0 Å². The predicted octanol–water partition coefficient (Wildman–Crippen LogP) is 3.08. The molecule has 29 heavy (non-hydrogen) atoms. The van der Waals surface area contributed by atoms with Crippen molar-refractivity contribution in [2.75, 3.05) is 32.9 Å². The van der Waals surface area contributed by atoms with Gasteiger partial charge in [0.05, 0.1) is 25.2 Å². The largest absolute Gasteiger partial charge is 0.381 e. The summed E-state index contributed by atoms with van der Waals surface area (Å²) in [5.41, 5.74) is 7.44. The Kier molecular flexibility index (Phi) is 6.83. The van der Waals surface area contributed by atoms with Crippen LogP contribution in [0.15, 0.2) is 24.3 Å². The van der Waals surface area contributed by atoms with Crippen LogP contribution in [0.2, 0.25) is 0 Å². The van der Waals surface area contributed by atoms with Crippen molar-refractivity contribution >= 4 is 5.91 Å². The molecule has 1 aromatic rings. The number of carbonyl (C=O) groups is 1. The standard InChI is InChI=1S/C23H33FN2O3/c24-20-3-1-2-17(12-20)16-4-6-21(7-5-16)29-15-19-13-26(10-8-22(19)25)23(27)18-9-11-28-14-18/h1-3,12,16,18-19,21-22H,4-11,13-15,25H2/t16?,18-,19?,21?,22+/m1/s1. The zero-order valence-corrected chi connectivity index (χ0v) is 17.1. The van der Waals surface area contributed by atoms with Gasteiger partial charge in [0, 0.05) is 31.7 Å². The molecule has 2 N–H and O–H groups in total. The van der Waals surface area contributed by atoms with Crippen LogP contribution >= 0.6 is 0 Å². The molecule has 2 aliphatic heterocycles. The molecule has 3 fully saturated rings. The second kappa shape index (κ2) is 9.54. The molecule has 0 spiro atoms. The highest BCUT2D eigenvalue weighted by Gasteiger charge is 2.34. The van der Waals surface area contributed by atoms with Crippen LogP contribution in [0.5, 0.6) is 0 Å². The molecular formula is C23H33FN2O3. The first-order chi connectivity index (χ1) is 14.1. The number of halogens is 1. The lowest BCUT2D eigenvalue weighted by molar-refractivity contribution is -0.138. The van der Waals surface area contributed by atoms with Crippen LogP contribution in [0.25, 0.3) is 0 Å². The summed E-state index contributed by atoms with van der Waals surface area (Å²) in [7, 11) is 0. The van der Waals surface area contributed by atoms with Gasteiger partial charge in [-0.15, -0.1) is 0 Å². The van der Waals surface area contributed by atoms with E-state index in [1.54, 1.807) is 12.1 Å². The molecule has 1 amide bonds. The molecule has 6 heteroatoms. The van der Waals surface area contributed by atoms with Crippen molar-refractivity contribution in [1.82, 2.24) is 4.90 Å². The summed E-state index contributed by atoms with van der Waals surface area (Å²) in [5.74, 6) is 0.689. The minimum atomic E-state index is -0.157. The van der Waals surface area contributed by atoms with Gasteiger partial charge in [-0.25, -0.2) is 4.39 Å². The van der Waals surface area contributed by atoms with Crippen LogP contribution in [0, 0.1) is 17.7 Å². The smallest absolute Gasteiger partial charge is 0.228 e. The Balaban J connectivity index is 1.23. The zero-order chi connectivity index (χ0) is 20.2. The van der Waals surface area contributed by atoms with E-state index in [4.69, 9.17) is 15.2 Å². The molecule has 5 nitrogen and oxygen atoms in total. The van der Waals surface area contributed by atoms with Crippen LogP contribution in [0.1, 0.15) is 50.0 Å². The van der Waals surface area contributed by atoms with E-state index in [2.05, 4.69) is 0 Å². The van der Waals surface area contributed by atoms with Crippen molar-refractivity contribution in [3.05, 3.63) is 35.6 Å². The Labute approximate surface area is 172 Å². The quantitative estimate of drug-likeness (QED) is 0.819. The number of carbonyl (C=O) groups excluding carboxylic acids is 1. The third kappa shape index (κ3) is 5.16. The SMILES string of the molecule is N[C@H]1CCN(C(=O)[C@@H]2CCOC2)CC1COC1CCC(c2cccc(F)c2)CC1. The Morgan fingerprint density at radius 3 is 2.76 bits per heavy atom. The van der Waals surface area contributed by atoms with Crippen LogP contribution in [-0.4, -0.2) is 55.9 Å². The van der Waals surface area contributed by atoms with Crippen molar-refractivity contribution in [2.45, 2.75) is 56.6 Å². The highest BCUT2D eigenvalue weighted by Crippen LogP contribution is 2.34. The summed E-state index contributed by atoms with van der Waals surface area (Å²) in [6.07, 6.45) is 5.93. The predicted molar refractivity (Wildman–Crippen MR) is 109 cm³/mol. The number of hydrogen-bond donors (Lipinski definition) is 1. The maximum Gasteiger partial charge on any atom is 0.228 e. The third-order valence-electron chi connectivity index (χ3n) is 6.92. The highest BCUT2D eigenvalue weighted by atomic mass is 19.1. The van der Waals surface area contributed by atoms with Crippen LogP contribution in [0.4, 0.5) is 4.39 Å². The minimum Gasteiger partial charge on any atom is -0.381 e. The van der Waals surface area contributed by atoms with Gasteiger partial charge in [0.1, 0.15) is 5.82 Å². The first-order valence-electron chi connectivity index (χ1n) is 11.1. The molecule has 1 unspecified atom stereocenters. The second-order valence-corrected chi connectivity index (χ2v) is 8.92. The molecule has 160 valence electrons. The number of ether oxygens (including phenoxy) is 2. The Hall–Kier alpha value is -1.50. The lowest BCUT2D eigenvalue weighted by atomic mass is 9.82. The average molecular weight is 405 g/mol. The van der Waals surface area contributed by atoms with E-state index in [0.717, 1.165) is 50.6 Å². The van der Waals surface area contributed by atoms with Gasteiger partial charge < -0.3 is 20.1 Å². The Morgan fingerprint density at radius 1 is 1.21 bits per heavy atom. The van der Waals surface area contributed by atoms with E-state index >= 15 is 0 Å². The molecule has 0 aromatic heterocycles. The summed E-state index contributed by atoms with van der Waals surface area (Å²) in [5, 5.41) is 0. The van der Waals surface area contributed by atoms with E-state index in [-0.39, 0.29) is 35.7 Å². The first kappa shape index (κ1) is 20.8. The maximum absolute atomic E-state index is 13.5. The molecule has 2 heterocycles. The summed E-state index contributed by atoms with van der Waals surface area (Å²) < 4.78 is 25.1. The summed E-state index contributed by atoms with van der Waals surface area (Å²) >= 11 is 0. The molecule has 0 radical (unpaired) electrons. The number of likely N-dealkylation sites (tertiary alicyclic amines) is 1. The van der Waals surface area contributed by atoms with Gasteiger partial charge in [0.25, 0.3) is 0 Å². The number of hydrogen-bond acceptors (Lipinski definition) is 4. The fourth-order valence-corrected chi connectivity index (χ4v) is 5.00. The fourth-order valence-electron chi connectivity index (χ4n) is 5.00. The number of piperidine rings is 1. The van der Waals surface area contributed by atoms with E-state index in [1.165, 1.54) is 6.07 Å². The molecule has 3 aliphatic rings. The van der Waals surface area contributed by atoms with E-state index in [1.807, 2.05) is 11.0 Å². The van der Waals surface area contributed by atoms with E-state index in [0.29, 0.717) is 32.3 Å². The first-order valence-corrected chi connectivity index (χ1v) is 11.1. The lowest BCUT2D eigenvalue weighted by Crippen LogP contribution is -2.52. The molecular weight excluding hydrogens is 371 g/mol. The van der Waals surface area contributed by atoms with E-state index in [9.17, 15) is 9.18 Å². The fraction of sp³-hybridized carbons (Fsp3) is 0.696. The Morgan fingerprint density at radius 2 is 2.03 bits per heavy atom. The topological polar surface area (TPSA) is 64.8 Å². The summed E-state index contributed by atoms with van der Waals surface area (Å²) in [6, 6.07) is 7.06. The molecule has 1 aliphatic carbocycles. The van der Waals surface area contributed by atoms with Crippen LogP contribution in [-0.2, 0) is 14.3 Å². The number of nitrogens with zero attached hydrogens (tertiary/aromatic N) is 1. The molecule has 1 aromatic carbocycles. The molecule has 2 saturated heterocycles. The van der Waals surface area contributed by atoms with Gasteiger partial charge in [-0.2, -0.15) is 0 Å². The highest BCUT2D eigenvalue weighted by molar-refractivity contribution is 5.79. The number of amides is 1. The Bertz CT molecular complexity index is 686. The zero-order valence-electron chi connectivity index (χ0n) is 17.1. The van der Waals surface area contributed by atoms with Crippen LogP contribution in [0.3, 0.4) is 0 Å². The van der Waals surface area contributed by atoms with Gasteiger partial charge >= 0.3 is 0 Å². The van der Waals surface area contributed by atoms with Gasteiger partial charge in [-0.1, -0.05) is 12.1 Å². The van der Waals surface area contributed by atoms with Crippen molar-refractivity contribution in [1.29, 1.82) is 0 Å². The maximum atomic E-state index is 13.5. The molecule has 1 saturated carbocycles. The van der Waals surface area contributed by atoms with E-state index < -0.39 is 0 Å². The molecule has 4 rings (SSSR count). The normalized spacial score (nSPS) is 33.0. The van der Waals surface area contributed by atoms with Crippen molar-refractivity contribution in [3.63, 3.8) is 0 Å². The van der Waals surface area contributed by atoms with Crippen molar-refractivity contribution < 1.29 is 18.7 Å². The van der Waals surface area contributed by atoms with Crippen molar-refractivity contribution in [2.24, 2.45) is 17.6 Å². The number of rotatable bonds is 5. The molecule has 0 bridgehead atoms. The minimum absolute atomic E-state index is 0.0176. The summed E-state index contributed by atoms with van der Waals surface area (Å²) in [6.45, 7) is 3.29. The van der Waals surface area contributed by atoms with Gasteiger partial charge in [0.2, 0.25) is 5.91 Å². The van der Waals surface area contributed by atoms with Crippen molar-refractivity contribution in [3.8, 4) is 0 Å². The van der Waals surface area contributed by atoms with Crippen LogP contribution < -0.4 is 5.73 Å². The van der Waals surface area contributed by atoms with Gasteiger partial charge in [-0.3, -0.25) is 4.79 Å². The number of benzene rings is 1. The molecule has 3 atom stereocenters.